The van der Waals surface area contributed by atoms with Crippen LogP contribution in [0.15, 0.2) is 43.0 Å². The van der Waals surface area contributed by atoms with Crippen molar-refractivity contribution in [3.63, 3.8) is 0 Å². The van der Waals surface area contributed by atoms with Crippen LogP contribution in [0.5, 0.6) is 0 Å². The molecule has 6 nitrogen and oxygen atoms in total. The molecule has 164 valence electrons. The van der Waals surface area contributed by atoms with Gasteiger partial charge in [0.15, 0.2) is 0 Å². The number of quaternary nitrogens is 1. The highest BCUT2D eigenvalue weighted by atomic mass is 32.3. The first-order valence-electron chi connectivity index (χ1n) is 9.82. The Hall–Kier alpha value is -1.54. The van der Waals surface area contributed by atoms with Crippen molar-refractivity contribution in [1.82, 2.24) is 0 Å². The van der Waals surface area contributed by atoms with Crippen molar-refractivity contribution in [1.29, 1.82) is 0 Å². The fraction of sp³-hybridized carbons (Fsp3) is 0.591. The Kier molecular flexibility index (Phi) is 8.36. The molecule has 1 aromatic carbocycles. The van der Waals surface area contributed by atoms with E-state index in [1.807, 2.05) is 6.08 Å². The number of carbonyl (C=O) groups is 1. The molecule has 2 unspecified atom stereocenters. The van der Waals surface area contributed by atoms with Crippen molar-refractivity contribution < 1.29 is 26.8 Å². The summed E-state index contributed by atoms with van der Waals surface area (Å²) in [5.41, 5.74) is 1.69. The van der Waals surface area contributed by atoms with E-state index in [1.165, 1.54) is 12.0 Å². The van der Waals surface area contributed by atoms with Crippen LogP contribution in [0.3, 0.4) is 0 Å². The molecule has 3 rings (SSSR count). The number of nitrogens with zero attached hydrogens (tertiary/aromatic N) is 1. The molecule has 0 aromatic heterocycles. The summed E-state index contributed by atoms with van der Waals surface area (Å²) in [6.07, 6.45) is 5.23. The molecule has 2 N–H and O–H groups in total. The second-order valence-electron chi connectivity index (χ2n) is 9.42. The highest BCUT2D eigenvalue weighted by molar-refractivity contribution is 7.79. The molecule has 2 fully saturated rings. The third kappa shape index (κ3) is 7.33. The molecular formula is C22H36NO5S+. The molecular weight excluding hydrogens is 390 g/mol. The van der Waals surface area contributed by atoms with Gasteiger partial charge in [0, 0.05) is 17.4 Å². The SMILES string of the molecule is C=CC[N+](C)(C)Cc1ccccc1.CC12CCC(CC1=O)C2(C)C.O=S(=O)(O)O. The van der Waals surface area contributed by atoms with Crippen LogP contribution in [0.4, 0.5) is 0 Å². The Labute approximate surface area is 175 Å². The first-order valence-corrected chi connectivity index (χ1v) is 11.2. The molecule has 0 saturated heterocycles. The molecule has 7 heteroatoms. The summed E-state index contributed by atoms with van der Waals surface area (Å²) in [4.78, 5) is 11.6. The van der Waals surface area contributed by atoms with Crippen LogP contribution in [-0.2, 0) is 21.7 Å². The van der Waals surface area contributed by atoms with Crippen LogP contribution in [0.1, 0.15) is 45.6 Å². The van der Waals surface area contributed by atoms with Crippen LogP contribution < -0.4 is 0 Å². The molecule has 0 spiro atoms. The van der Waals surface area contributed by atoms with E-state index in [4.69, 9.17) is 17.5 Å². The van der Waals surface area contributed by atoms with Crippen molar-refractivity contribution >= 4 is 16.2 Å². The summed E-state index contributed by atoms with van der Waals surface area (Å²) in [7, 11) is -0.233. The lowest BCUT2D eigenvalue weighted by atomic mass is 9.70. The maximum absolute atomic E-state index is 11.6. The molecule has 2 aliphatic carbocycles. The second-order valence-corrected chi connectivity index (χ2v) is 10.3. The number of fused-ring (bicyclic) bond motifs is 2. The topological polar surface area (TPSA) is 91.7 Å². The molecule has 0 radical (unpaired) electrons. The van der Waals surface area contributed by atoms with Gasteiger partial charge in [-0.15, -0.1) is 0 Å². The lowest BCUT2D eigenvalue weighted by molar-refractivity contribution is -0.897. The van der Waals surface area contributed by atoms with Crippen molar-refractivity contribution in [2.75, 3.05) is 20.6 Å². The third-order valence-electron chi connectivity index (χ3n) is 6.56. The lowest BCUT2D eigenvalue weighted by Gasteiger charge is -2.32. The Balaban J connectivity index is 0.000000239. The normalized spacial score (nSPS) is 24.8. The first kappa shape index (κ1) is 25.5. The zero-order valence-electron chi connectivity index (χ0n) is 18.3. The van der Waals surface area contributed by atoms with Crippen LogP contribution >= 0.6 is 0 Å². The van der Waals surface area contributed by atoms with Crippen molar-refractivity contribution in [3.05, 3.63) is 48.6 Å². The van der Waals surface area contributed by atoms with E-state index >= 15 is 0 Å². The van der Waals surface area contributed by atoms with Crippen molar-refractivity contribution in [2.24, 2.45) is 16.7 Å². The van der Waals surface area contributed by atoms with E-state index in [0.29, 0.717) is 11.7 Å². The zero-order chi connectivity index (χ0) is 22.5. The Morgan fingerprint density at radius 1 is 1.17 bits per heavy atom. The van der Waals surface area contributed by atoms with E-state index in [0.717, 1.165) is 30.4 Å². The monoisotopic (exact) mass is 426 g/mol. The predicted octanol–water partition coefficient (Wildman–Crippen LogP) is 4.20. The Morgan fingerprint density at radius 2 is 1.69 bits per heavy atom. The van der Waals surface area contributed by atoms with E-state index in [2.05, 4.69) is 71.8 Å². The summed E-state index contributed by atoms with van der Waals surface area (Å²) in [5, 5.41) is 0. The van der Waals surface area contributed by atoms with Gasteiger partial charge in [0.25, 0.3) is 0 Å². The molecule has 2 saturated carbocycles. The highest BCUT2D eigenvalue weighted by Gasteiger charge is 2.61. The quantitative estimate of drug-likeness (QED) is 0.428. The standard InChI is InChI=1S/C12H18N.C10H16O.H2O4S/c1-4-10-13(2,3)11-12-8-6-5-7-9-12;1-9(2)7-4-5-10(9,3)8(11)6-7;1-5(2,3)4/h4-9H,1,10-11H2,2-3H3;7H,4-6H2,1-3H3;(H2,1,2,3,4)/q+1;;. The third-order valence-corrected chi connectivity index (χ3v) is 6.56. The van der Waals surface area contributed by atoms with Crippen LogP contribution in [-0.4, -0.2) is 48.4 Å². The van der Waals surface area contributed by atoms with E-state index in [1.54, 1.807) is 0 Å². The fourth-order valence-electron chi connectivity index (χ4n) is 4.39. The van der Waals surface area contributed by atoms with Gasteiger partial charge in [0.05, 0.1) is 20.6 Å². The van der Waals surface area contributed by atoms with Crippen LogP contribution in [0.2, 0.25) is 0 Å². The molecule has 2 bridgehead atoms. The summed E-state index contributed by atoms with van der Waals surface area (Å²) >= 11 is 0. The molecule has 2 atom stereocenters. The molecule has 0 aliphatic heterocycles. The predicted molar refractivity (Wildman–Crippen MR) is 116 cm³/mol. The van der Waals surface area contributed by atoms with E-state index in [-0.39, 0.29) is 10.8 Å². The number of hydrogen-bond donors (Lipinski definition) is 2. The largest absolute Gasteiger partial charge is 0.394 e. The first-order chi connectivity index (χ1) is 13.1. The fourth-order valence-corrected chi connectivity index (χ4v) is 4.39. The maximum atomic E-state index is 11.6. The van der Waals surface area contributed by atoms with E-state index < -0.39 is 10.4 Å². The van der Waals surface area contributed by atoms with Crippen LogP contribution in [0, 0.1) is 16.7 Å². The Morgan fingerprint density at radius 3 is 2.00 bits per heavy atom. The summed E-state index contributed by atoms with van der Waals surface area (Å²) in [6, 6.07) is 10.6. The number of benzene rings is 1. The van der Waals surface area contributed by atoms with Gasteiger partial charge in [-0.1, -0.05) is 57.7 Å². The molecule has 2 aliphatic rings. The average molecular weight is 427 g/mol. The van der Waals surface area contributed by atoms with Gasteiger partial charge in [-0.05, 0) is 30.3 Å². The van der Waals surface area contributed by atoms with E-state index in [9.17, 15) is 4.79 Å². The second kappa shape index (κ2) is 9.51. The van der Waals surface area contributed by atoms with Crippen molar-refractivity contribution in [2.45, 2.75) is 46.6 Å². The maximum Gasteiger partial charge on any atom is 0.394 e. The summed E-state index contributed by atoms with van der Waals surface area (Å²) in [5.74, 6) is 1.19. The van der Waals surface area contributed by atoms with Gasteiger partial charge in [0.1, 0.15) is 12.3 Å². The smallest absolute Gasteiger partial charge is 0.321 e. The van der Waals surface area contributed by atoms with Gasteiger partial charge in [-0.25, -0.2) is 0 Å². The molecule has 0 heterocycles. The number of ketones is 1. The van der Waals surface area contributed by atoms with Gasteiger partial charge in [0.2, 0.25) is 0 Å². The average Bonchev–Trinajstić information content (AvgIpc) is 2.87. The minimum absolute atomic E-state index is 0.0255. The minimum Gasteiger partial charge on any atom is -0.321 e. The molecule has 0 amide bonds. The highest BCUT2D eigenvalue weighted by Crippen LogP contribution is 2.63. The Bertz CT molecular complexity index is 794. The number of rotatable bonds is 4. The van der Waals surface area contributed by atoms with Gasteiger partial charge in [-0.2, -0.15) is 8.42 Å². The molecule has 29 heavy (non-hydrogen) atoms. The number of Topliss-reactive ketones (excluding diaryl/α,β-unsaturated/α-hetero) is 1. The minimum atomic E-state index is -4.67. The zero-order valence-corrected chi connectivity index (χ0v) is 19.1. The van der Waals surface area contributed by atoms with Crippen LogP contribution in [0.25, 0.3) is 0 Å². The number of carbonyl (C=O) groups excluding carboxylic acids is 1. The lowest BCUT2D eigenvalue weighted by Crippen LogP contribution is -2.38. The van der Waals surface area contributed by atoms with Gasteiger partial charge in [-0.3, -0.25) is 13.9 Å². The van der Waals surface area contributed by atoms with Crippen molar-refractivity contribution in [3.8, 4) is 0 Å². The number of likely N-dealkylation sites (N-methyl/N-ethyl adjacent to an activating group) is 1. The number of hydrogen-bond acceptors (Lipinski definition) is 3. The summed E-state index contributed by atoms with van der Waals surface area (Å²) in [6.45, 7) is 12.5. The van der Waals surface area contributed by atoms with Gasteiger partial charge < -0.3 is 4.48 Å². The molecule has 1 aromatic rings. The van der Waals surface area contributed by atoms with Gasteiger partial charge >= 0.3 is 10.4 Å². The summed E-state index contributed by atoms with van der Waals surface area (Å²) < 4.78 is 32.5.